The van der Waals surface area contributed by atoms with Crippen LogP contribution in [0.5, 0.6) is 0 Å². The van der Waals surface area contributed by atoms with E-state index in [1.165, 1.54) is 0 Å². The fourth-order valence-corrected chi connectivity index (χ4v) is 1.27. The van der Waals surface area contributed by atoms with Crippen LogP contribution in [-0.2, 0) is 0 Å². The lowest BCUT2D eigenvalue weighted by molar-refractivity contribution is 0.0950. The molecule has 0 aliphatic carbocycles. The molecule has 1 amide bonds. The average Bonchev–Trinajstić information content (AvgIpc) is 2.26. The lowest BCUT2D eigenvalue weighted by Gasteiger charge is -2.12. The molecule has 0 bridgehead atoms. The Morgan fingerprint density at radius 2 is 2.07 bits per heavy atom. The Balaban J connectivity index is 2.58. The lowest BCUT2D eigenvalue weighted by atomic mass is 10.1. The molecule has 0 heterocycles. The zero-order chi connectivity index (χ0) is 11.3. The van der Waals surface area contributed by atoms with Crippen molar-refractivity contribution in [3.8, 4) is 0 Å². The van der Waals surface area contributed by atoms with Gasteiger partial charge in [0.15, 0.2) is 0 Å². The number of hydrogen-bond acceptors (Lipinski definition) is 2. The highest BCUT2D eigenvalue weighted by atomic mass is 16.1. The van der Waals surface area contributed by atoms with Crippen LogP contribution < -0.4 is 10.6 Å². The molecule has 82 valence electrons. The minimum absolute atomic E-state index is 0.00444. The fourth-order valence-electron chi connectivity index (χ4n) is 1.27. The molecule has 0 fully saturated rings. The summed E-state index contributed by atoms with van der Waals surface area (Å²) in [6, 6.07) is 7.88. The highest BCUT2D eigenvalue weighted by molar-refractivity contribution is 5.95. The van der Waals surface area contributed by atoms with Crippen molar-refractivity contribution in [2.24, 2.45) is 0 Å². The van der Waals surface area contributed by atoms with Gasteiger partial charge in [0.2, 0.25) is 0 Å². The molecule has 0 aliphatic heterocycles. The topological polar surface area (TPSA) is 41.1 Å². The summed E-state index contributed by atoms with van der Waals surface area (Å²) in [5.41, 5.74) is 1.76. The molecule has 1 atom stereocenters. The average molecular weight is 206 g/mol. The smallest absolute Gasteiger partial charge is 0.251 e. The second-order valence-electron chi connectivity index (χ2n) is 3.71. The molecule has 15 heavy (non-hydrogen) atoms. The summed E-state index contributed by atoms with van der Waals surface area (Å²) < 4.78 is 0. The first-order valence-electron chi connectivity index (χ1n) is 5.16. The Morgan fingerprint density at radius 3 is 2.67 bits per heavy atom. The van der Waals surface area contributed by atoms with Gasteiger partial charge in [0.05, 0.1) is 0 Å². The molecule has 0 aliphatic rings. The van der Waals surface area contributed by atoms with E-state index in [-0.39, 0.29) is 11.9 Å². The summed E-state index contributed by atoms with van der Waals surface area (Å²) in [6.07, 6.45) is 0. The van der Waals surface area contributed by atoms with Crippen molar-refractivity contribution >= 4 is 5.91 Å². The molecule has 0 spiro atoms. The van der Waals surface area contributed by atoms with Crippen LogP contribution in [0.1, 0.15) is 22.8 Å². The Morgan fingerprint density at radius 1 is 1.40 bits per heavy atom. The highest BCUT2D eigenvalue weighted by Gasteiger charge is 2.08. The summed E-state index contributed by atoms with van der Waals surface area (Å²) in [5, 5.41) is 5.96. The number of likely N-dealkylation sites (N-methyl/N-ethyl adjacent to an activating group) is 1. The number of carbonyl (C=O) groups is 1. The van der Waals surface area contributed by atoms with Gasteiger partial charge >= 0.3 is 0 Å². The molecule has 0 saturated carbocycles. The van der Waals surface area contributed by atoms with Crippen molar-refractivity contribution in [2.45, 2.75) is 19.9 Å². The van der Waals surface area contributed by atoms with E-state index in [4.69, 9.17) is 0 Å². The largest absolute Gasteiger partial charge is 0.350 e. The third-order valence-electron chi connectivity index (χ3n) is 2.45. The number of amides is 1. The van der Waals surface area contributed by atoms with Crippen LogP contribution in [-0.4, -0.2) is 25.5 Å². The summed E-state index contributed by atoms with van der Waals surface area (Å²) in [7, 11) is 1.88. The maximum Gasteiger partial charge on any atom is 0.251 e. The van der Waals surface area contributed by atoms with Gasteiger partial charge in [0.1, 0.15) is 0 Å². The third kappa shape index (κ3) is 3.36. The van der Waals surface area contributed by atoms with Gasteiger partial charge in [0.25, 0.3) is 5.91 Å². The molecular formula is C12H18N2O. The maximum absolute atomic E-state index is 11.7. The molecule has 3 nitrogen and oxygen atoms in total. The monoisotopic (exact) mass is 206 g/mol. The molecule has 1 aromatic rings. The third-order valence-corrected chi connectivity index (χ3v) is 2.45. The van der Waals surface area contributed by atoms with E-state index in [0.717, 1.165) is 11.1 Å². The minimum atomic E-state index is -0.00444. The molecule has 1 unspecified atom stereocenters. The summed E-state index contributed by atoms with van der Waals surface area (Å²) in [6.45, 7) is 4.61. The van der Waals surface area contributed by atoms with Crippen molar-refractivity contribution in [3.05, 3.63) is 35.4 Å². The van der Waals surface area contributed by atoms with E-state index in [1.807, 2.05) is 45.2 Å². The van der Waals surface area contributed by atoms with Gasteiger partial charge in [-0.1, -0.05) is 18.2 Å². The minimum Gasteiger partial charge on any atom is -0.350 e. The Bertz CT molecular complexity index is 336. The van der Waals surface area contributed by atoms with Crippen LogP contribution >= 0.6 is 0 Å². The predicted octanol–water partition coefficient (Wildman–Crippen LogP) is 1.33. The van der Waals surface area contributed by atoms with E-state index in [1.54, 1.807) is 0 Å². The molecule has 2 N–H and O–H groups in total. The molecule has 3 heteroatoms. The van der Waals surface area contributed by atoms with E-state index in [2.05, 4.69) is 10.6 Å². The first kappa shape index (κ1) is 11.7. The van der Waals surface area contributed by atoms with Crippen LogP contribution in [0.4, 0.5) is 0 Å². The molecule has 0 saturated heterocycles. The number of benzene rings is 1. The van der Waals surface area contributed by atoms with E-state index >= 15 is 0 Å². The van der Waals surface area contributed by atoms with Gasteiger partial charge < -0.3 is 10.6 Å². The first-order chi connectivity index (χ1) is 7.15. The summed E-state index contributed by atoms with van der Waals surface area (Å²) in [4.78, 5) is 11.7. The first-order valence-corrected chi connectivity index (χ1v) is 5.16. The van der Waals surface area contributed by atoms with Crippen LogP contribution in [0.2, 0.25) is 0 Å². The van der Waals surface area contributed by atoms with Crippen LogP contribution in [0.25, 0.3) is 0 Å². The highest BCUT2D eigenvalue weighted by Crippen LogP contribution is 2.06. The van der Waals surface area contributed by atoms with Crippen molar-refractivity contribution in [3.63, 3.8) is 0 Å². The molecule has 0 aromatic heterocycles. The normalized spacial score (nSPS) is 12.2. The Kier molecular flexibility index (Phi) is 4.31. The van der Waals surface area contributed by atoms with Crippen LogP contribution in [0.15, 0.2) is 24.3 Å². The van der Waals surface area contributed by atoms with Crippen LogP contribution in [0.3, 0.4) is 0 Å². The fraction of sp³-hybridized carbons (Fsp3) is 0.417. The Labute approximate surface area is 90.9 Å². The second kappa shape index (κ2) is 5.51. The van der Waals surface area contributed by atoms with Crippen LogP contribution in [0, 0.1) is 6.92 Å². The van der Waals surface area contributed by atoms with E-state index in [0.29, 0.717) is 6.54 Å². The molecule has 1 aromatic carbocycles. The van der Waals surface area contributed by atoms with Gasteiger partial charge in [-0.15, -0.1) is 0 Å². The van der Waals surface area contributed by atoms with E-state index in [9.17, 15) is 4.79 Å². The summed E-state index contributed by atoms with van der Waals surface area (Å²) in [5.74, 6) is -0.00444. The number of rotatable bonds is 4. The Hall–Kier alpha value is -1.35. The van der Waals surface area contributed by atoms with Crippen molar-refractivity contribution in [2.75, 3.05) is 13.6 Å². The summed E-state index contributed by atoms with van der Waals surface area (Å²) >= 11 is 0. The zero-order valence-corrected chi connectivity index (χ0v) is 9.50. The second-order valence-corrected chi connectivity index (χ2v) is 3.71. The number of carbonyl (C=O) groups excluding carboxylic acids is 1. The van der Waals surface area contributed by atoms with Crippen molar-refractivity contribution in [1.82, 2.24) is 10.6 Å². The van der Waals surface area contributed by atoms with Gasteiger partial charge in [-0.25, -0.2) is 0 Å². The molecular weight excluding hydrogens is 188 g/mol. The standard InChI is InChI=1S/C12H18N2O/c1-9-6-4-5-7-11(9)12(15)14-8-10(2)13-3/h4-7,10,13H,8H2,1-3H3,(H,14,15). The quantitative estimate of drug-likeness (QED) is 0.780. The van der Waals surface area contributed by atoms with Gasteiger partial charge in [0, 0.05) is 18.2 Å². The maximum atomic E-state index is 11.7. The number of aryl methyl sites for hydroxylation is 1. The SMILES string of the molecule is CNC(C)CNC(=O)c1ccccc1C. The number of nitrogens with one attached hydrogen (secondary N) is 2. The van der Waals surface area contributed by atoms with Crippen molar-refractivity contribution < 1.29 is 4.79 Å². The molecule has 0 radical (unpaired) electrons. The van der Waals surface area contributed by atoms with Gasteiger partial charge in [-0.3, -0.25) is 4.79 Å². The van der Waals surface area contributed by atoms with Gasteiger partial charge in [-0.2, -0.15) is 0 Å². The van der Waals surface area contributed by atoms with Crippen molar-refractivity contribution in [1.29, 1.82) is 0 Å². The molecule has 1 rings (SSSR count). The predicted molar refractivity (Wildman–Crippen MR) is 62.0 cm³/mol. The lowest BCUT2D eigenvalue weighted by Crippen LogP contribution is -2.37. The number of hydrogen-bond donors (Lipinski definition) is 2. The zero-order valence-electron chi connectivity index (χ0n) is 9.50. The van der Waals surface area contributed by atoms with E-state index < -0.39 is 0 Å². The van der Waals surface area contributed by atoms with Gasteiger partial charge in [-0.05, 0) is 32.5 Å².